The Bertz CT molecular complexity index is 424. The first-order valence-corrected chi connectivity index (χ1v) is 5.72. The molecule has 3 nitrogen and oxygen atoms in total. The van der Waals surface area contributed by atoms with E-state index in [9.17, 15) is 4.79 Å². The van der Waals surface area contributed by atoms with Crippen molar-refractivity contribution < 1.29 is 9.53 Å². The maximum atomic E-state index is 11.7. The van der Waals surface area contributed by atoms with Gasteiger partial charge in [0.25, 0.3) is 0 Å². The number of methoxy groups -OCH3 is 1. The van der Waals surface area contributed by atoms with Gasteiger partial charge < -0.3 is 10.5 Å². The molecule has 1 aromatic rings. The van der Waals surface area contributed by atoms with Crippen molar-refractivity contribution in [1.29, 1.82) is 0 Å². The van der Waals surface area contributed by atoms with Gasteiger partial charge in [0.05, 0.1) is 12.5 Å². The van der Waals surface area contributed by atoms with E-state index in [2.05, 4.69) is 6.92 Å². The minimum atomic E-state index is -0.726. The molecule has 0 heterocycles. The third kappa shape index (κ3) is 2.67. The molecule has 2 N–H and O–H groups in total. The first kappa shape index (κ1) is 13.7. The summed E-state index contributed by atoms with van der Waals surface area (Å²) in [6.07, 6.45) is 0. The zero-order valence-electron chi connectivity index (χ0n) is 11.2. The summed E-state index contributed by atoms with van der Waals surface area (Å²) in [5, 5.41) is 0. The highest BCUT2D eigenvalue weighted by Gasteiger charge is 2.36. The number of carbonyl (C=O) groups excluding carboxylic acids is 1. The van der Waals surface area contributed by atoms with Crippen LogP contribution in [0.4, 0.5) is 0 Å². The van der Waals surface area contributed by atoms with Crippen LogP contribution in [0.5, 0.6) is 0 Å². The van der Waals surface area contributed by atoms with Crippen LogP contribution in [0.1, 0.15) is 36.6 Å². The summed E-state index contributed by atoms with van der Waals surface area (Å²) in [5.41, 5.74) is 8.80. The summed E-state index contributed by atoms with van der Waals surface area (Å²) >= 11 is 0. The van der Waals surface area contributed by atoms with Crippen LogP contribution in [-0.2, 0) is 9.53 Å². The standard InChI is InChI=1S/C14H21NO2/c1-9-6-7-11(8-10(9)2)12(15)14(3,4)13(16)17-5/h6-8,12H,15H2,1-5H3/t12-/m0/s1. The van der Waals surface area contributed by atoms with E-state index in [0.717, 1.165) is 5.56 Å². The lowest BCUT2D eigenvalue weighted by Gasteiger charge is -2.29. The van der Waals surface area contributed by atoms with Crippen LogP contribution in [0, 0.1) is 19.3 Å². The van der Waals surface area contributed by atoms with Gasteiger partial charge in [-0.3, -0.25) is 4.79 Å². The predicted molar refractivity (Wildman–Crippen MR) is 68.6 cm³/mol. The average Bonchev–Trinajstić information content (AvgIpc) is 2.30. The van der Waals surface area contributed by atoms with Crippen LogP contribution >= 0.6 is 0 Å². The molecule has 0 saturated heterocycles. The van der Waals surface area contributed by atoms with Crippen LogP contribution in [-0.4, -0.2) is 13.1 Å². The van der Waals surface area contributed by atoms with Crippen molar-refractivity contribution in [2.45, 2.75) is 33.7 Å². The zero-order valence-corrected chi connectivity index (χ0v) is 11.2. The molecular formula is C14H21NO2. The molecule has 0 unspecified atom stereocenters. The first-order valence-electron chi connectivity index (χ1n) is 5.72. The van der Waals surface area contributed by atoms with Crippen LogP contribution in [0.15, 0.2) is 18.2 Å². The van der Waals surface area contributed by atoms with Crippen molar-refractivity contribution >= 4 is 5.97 Å². The Balaban J connectivity index is 3.07. The fraction of sp³-hybridized carbons (Fsp3) is 0.500. The lowest BCUT2D eigenvalue weighted by atomic mass is 9.80. The highest BCUT2D eigenvalue weighted by atomic mass is 16.5. The van der Waals surface area contributed by atoms with Crippen molar-refractivity contribution in [2.24, 2.45) is 11.1 Å². The fourth-order valence-corrected chi connectivity index (χ4v) is 1.76. The normalized spacial score (nSPS) is 13.3. The molecule has 0 aliphatic carbocycles. The Morgan fingerprint density at radius 2 is 1.88 bits per heavy atom. The molecule has 0 amide bonds. The molecule has 0 radical (unpaired) electrons. The van der Waals surface area contributed by atoms with Gasteiger partial charge in [0.1, 0.15) is 0 Å². The van der Waals surface area contributed by atoms with E-state index in [0.29, 0.717) is 0 Å². The van der Waals surface area contributed by atoms with Gasteiger partial charge >= 0.3 is 5.97 Å². The molecule has 0 aliphatic rings. The van der Waals surface area contributed by atoms with E-state index < -0.39 is 5.41 Å². The van der Waals surface area contributed by atoms with Crippen molar-refractivity contribution in [3.05, 3.63) is 34.9 Å². The smallest absolute Gasteiger partial charge is 0.313 e. The van der Waals surface area contributed by atoms with E-state index in [1.807, 2.05) is 25.1 Å². The number of aryl methyl sites for hydroxylation is 2. The Morgan fingerprint density at radius 1 is 1.29 bits per heavy atom. The van der Waals surface area contributed by atoms with Crippen LogP contribution in [0.3, 0.4) is 0 Å². The van der Waals surface area contributed by atoms with E-state index in [4.69, 9.17) is 10.5 Å². The number of hydrogen-bond acceptors (Lipinski definition) is 3. The summed E-state index contributed by atoms with van der Waals surface area (Å²) in [6, 6.07) is 5.66. The van der Waals surface area contributed by atoms with Gasteiger partial charge in [-0.25, -0.2) is 0 Å². The van der Waals surface area contributed by atoms with Crippen molar-refractivity contribution in [2.75, 3.05) is 7.11 Å². The lowest BCUT2D eigenvalue weighted by Crippen LogP contribution is -2.37. The Kier molecular flexibility index (Phi) is 3.94. The molecule has 0 aliphatic heterocycles. The van der Waals surface area contributed by atoms with E-state index in [1.54, 1.807) is 13.8 Å². The molecule has 1 aromatic carbocycles. The van der Waals surface area contributed by atoms with Gasteiger partial charge in [-0.1, -0.05) is 18.2 Å². The second kappa shape index (κ2) is 4.88. The summed E-state index contributed by atoms with van der Waals surface area (Å²) in [6.45, 7) is 7.70. The quantitative estimate of drug-likeness (QED) is 0.819. The van der Waals surface area contributed by atoms with Crippen LogP contribution in [0.2, 0.25) is 0 Å². The van der Waals surface area contributed by atoms with Crippen molar-refractivity contribution in [3.8, 4) is 0 Å². The number of nitrogens with two attached hydrogens (primary N) is 1. The number of hydrogen-bond donors (Lipinski definition) is 1. The molecule has 0 aromatic heterocycles. The van der Waals surface area contributed by atoms with Gasteiger partial charge in [0, 0.05) is 6.04 Å². The fourth-order valence-electron chi connectivity index (χ4n) is 1.76. The predicted octanol–water partition coefficient (Wildman–Crippen LogP) is 2.50. The van der Waals surface area contributed by atoms with Gasteiger partial charge in [-0.15, -0.1) is 0 Å². The molecule has 0 saturated carbocycles. The molecule has 1 rings (SSSR count). The minimum Gasteiger partial charge on any atom is -0.469 e. The lowest BCUT2D eigenvalue weighted by molar-refractivity contribution is -0.152. The van der Waals surface area contributed by atoms with Gasteiger partial charge in [0.15, 0.2) is 0 Å². The highest BCUT2D eigenvalue weighted by Crippen LogP contribution is 2.33. The van der Waals surface area contributed by atoms with Crippen LogP contribution in [0.25, 0.3) is 0 Å². The summed E-state index contributed by atoms with van der Waals surface area (Å²) in [4.78, 5) is 11.7. The molecule has 3 heteroatoms. The Morgan fingerprint density at radius 3 is 2.35 bits per heavy atom. The summed E-state index contributed by atoms with van der Waals surface area (Å²) in [7, 11) is 1.39. The van der Waals surface area contributed by atoms with E-state index in [1.165, 1.54) is 18.2 Å². The summed E-state index contributed by atoms with van der Waals surface area (Å²) in [5.74, 6) is -0.289. The third-order valence-electron chi connectivity index (χ3n) is 3.38. The van der Waals surface area contributed by atoms with Gasteiger partial charge in [-0.05, 0) is 44.4 Å². The minimum absolute atomic E-state index is 0.289. The second-order valence-electron chi connectivity index (χ2n) is 5.03. The molecule has 17 heavy (non-hydrogen) atoms. The number of rotatable bonds is 3. The SMILES string of the molecule is COC(=O)C(C)(C)[C@@H](N)c1ccc(C)c(C)c1. The molecule has 0 spiro atoms. The zero-order chi connectivity index (χ0) is 13.2. The maximum absolute atomic E-state index is 11.7. The highest BCUT2D eigenvalue weighted by molar-refractivity contribution is 5.77. The first-order chi connectivity index (χ1) is 7.80. The van der Waals surface area contributed by atoms with Gasteiger partial charge in [0.2, 0.25) is 0 Å². The van der Waals surface area contributed by atoms with E-state index in [-0.39, 0.29) is 12.0 Å². The molecule has 1 atom stereocenters. The largest absolute Gasteiger partial charge is 0.469 e. The molecule has 0 fully saturated rings. The van der Waals surface area contributed by atoms with Crippen molar-refractivity contribution in [1.82, 2.24) is 0 Å². The molecule has 94 valence electrons. The number of carbonyl (C=O) groups is 1. The number of esters is 1. The van der Waals surface area contributed by atoms with Gasteiger partial charge in [-0.2, -0.15) is 0 Å². The maximum Gasteiger partial charge on any atom is 0.313 e. The molecular weight excluding hydrogens is 214 g/mol. The number of benzene rings is 1. The summed E-state index contributed by atoms with van der Waals surface area (Å²) < 4.78 is 4.79. The third-order valence-corrected chi connectivity index (χ3v) is 3.38. The molecule has 0 bridgehead atoms. The van der Waals surface area contributed by atoms with Crippen molar-refractivity contribution in [3.63, 3.8) is 0 Å². The Hall–Kier alpha value is -1.35. The van der Waals surface area contributed by atoms with Crippen LogP contribution < -0.4 is 5.73 Å². The Labute approximate surface area is 103 Å². The monoisotopic (exact) mass is 235 g/mol. The average molecular weight is 235 g/mol. The van der Waals surface area contributed by atoms with E-state index >= 15 is 0 Å². The topological polar surface area (TPSA) is 52.3 Å². The second-order valence-corrected chi connectivity index (χ2v) is 5.03. The number of ether oxygens (including phenoxy) is 1.